The fourth-order valence-electron chi connectivity index (χ4n) is 1.96. The van der Waals surface area contributed by atoms with E-state index in [4.69, 9.17) is 0 Å². The third-order valence-electron chi connectivity index (χ3n) is 3.22. The summed E-state index contributed by atoms with van der Waals surface area (Å²) >= 11 is 0. The van der Waals surface area contributed by atoms with E-state index in [-0.39, 0.29) is 17.3 Å². The highest BCUT2D eigenvalue weighted by Gasteiger charge is 2.26. The van der Waals surface area contributed by atoms with Crippen LogP contribution in [0.2, 0.25) is 0 Å². The Balaban J connectivity index is 2.47. The van der Waals surface area contributed by atoms with E-state index in [1.807, 2.05) is 6.92 Å². The van der Waals surface area contributed by atoms with Crippen molar-refractivity contribution < 1.29 is 13.2 Å². The van der Waals surface area contributed by atoms with Crippen LogP contribution in [0.5, 0.6) is 0 Å². The van der Waals surface area contributed by atoms with E-state index in [1.54, 1.807) is 54.6 Å². The molecule has 0 aliphatic rings. The Labute approximate surface area is 130 Å². The topological polar surface area (TPSA) is 66.5 Å². The van der Waals surface area contributed by atoms with Gasteiger partial charge in [-0.25, -0.2) is 8.42 Å². The SMILES string of the molecule is CNC(=O)CN(c1ccccc1)S(=O)(=O)c1ccc(C)cc1. The zero-order chi connectivity index (χ0) is 16.2. The normalized spacial score (nSPS) is 11.0. The van der Waals surface area contributed by atoms with E-state index in [1.165, 1.54) is 7.05 Å². The number of sulfonamides is 1. The molecular weight excluding hydrogens is 300 g/mol. The Morgan fingerprint density at radius 2 is 1.64 bits per heavy atom. The van der Waals surface area contributed by atoms with Gasteiger partial charge in [-0.15, -0.1) is 0 Å². The number of aryl methyl sites for hydroxylation is 1. The van der Waals surface area contributed by atoms with E-state index < -0.39 is 10.0 Å². The fraction of sp³-hybridized carbons (Fsp3) is 0.188. The maximum atomic E-state index is 12.8. The first-order valence-corrected chi connectivity index (χ1v) is 8.24. The minimum absolute atomic E-state index is 0.158. The molecule has 0 aliphatic carbocycles. The van der Waals surface area contributed by atoms with Crippen molar-refractivity contribution in [3.05, 3.63) is 60.2 Å². The number of carbonyl (C=O) groups excluding carboxylic acids is 1. The van der Waals surface area contributed by atoms with Crippen molar-refractivity contribution in [1.82, 2.24) is 5.32 Å². The third-order valence-corrected chi connectivity index (χ3v) is 5.01. The number of likely N-dealkylation sites (N-methyl/N-ethyl adjacent to an activating group) is 1. The van der Waals surface area contributed by atoms with E-state index in [0.717, 1.165) is 9.87 Å². The number of para-hydroxylation sites is 1. The zero-order valence-electron chi connectivity index (χ0n) is 12.5. The summed E-state index contributed by atoms with van der Waals surface area (Å²) in [5.74, 6) is -0.375. The highest BCUT2D eigenvalue weighted by molar-refractivity contribution is 7.92. The minimum atomic E-state index is -3.80. The second-order valence-corrected chi connectivity index (χ2v) is 6.70. The molecule has 0 bridgehead atoms. The van der Waals surface area contributed by atoms with Gasteiger partial charge >= 0.3 is 0 Å². The van der Waals surface area contributed by atoms with Gasteiger partial charge < -0.3 is 5.32 Å². The van der Waals surface area contributed by atoms with Crippen molar-refractivity contribution in [3.8, 4) is 0 Å². The summed E-state index contributed by atoms with van der Waals surface area (Å²) in [6.45, 7) is 1.62. The molecule has 22 heavy (non-hydrogen) atoms. The van der Waals surface area contributed by atoms with Crippen LogP contribution in [0.1, 0.15) is 5.56 Å². The van der Waals surface area contributed by atoms with Gasteiger partial charge in [-0.05, 0) is 31.2 Å². The molecule has 2 aromatic carbocycles. The van der Waals surface area contributed by atoms with E-state index in [0.29, 0.717) is 5.69 Å². The minimum Gasteiger partial charge on any atom is -0.358 e. The molecule has 2 aromatic rings. The highest BCUT2D eigenvalue weighted by Crippen LogP contribution is 2.23. The average molecular weight is 318 g/mol. The quantitative estimate of drug-likeness (QED) is 0.916. The number of benzene rings is 2. The Kier molecular flexibility index (Phi) is 4.82. The van der Waals surface area contributed by atoms with E-state index in [2.05, 4.69) is 5.32 Å². The molecule has 0 atom stereocenters. The summed E-state index contributed by atoms with van der Waals surface area (Å²) in [5, 5.41) is 2.45. The maximum absolute atomic E-state index is 12.8. The largest absolute Gasteiger partial charge is 0.358 e. The van der Waals surface area contributed by atoms with Crippen LogP contribution in [0, 0.1) is 6.92 Å². The first kappa shape index (κ1) is 16.0. The van der Waals surface area contributed by atoms with E-state index in [9.17, 15) is 13.2 Å². The number of nitrogens with zero attached hydrogens (tertiary/aromatic N) is 1. The Morgan fingerprint density at radius 3 is 2.18 bits per heavy atom. The molecule has 1 N–H and O–H groups in total. The molecule has 5 nitrogen and oxygen atoms in total. The van der Waals surface area contributed by atoms with Gasteiger partial charge in [0.1, 0.15) is 6.54 Å². The Bertz CT molecular complexity index is 741. The van der Waals surface area contributed by atoms with Crippen molar-refractivity contribution in [2.45, 2.75) is 11.8 Å². The van der Waals surface area contributed by atoms with Gasteiger partial charge in [0, 0.05) is 7.05 Å². The standard InChI is InChI=1S/C16H18N2O3S/c1-13-8-10-15(11-9-13)22(20,21)18(12-16(19)17-2)14-6-4-3-5-7-14/h3-11H,12H2,1-2H3,(H,17,19). The number of rotatable bonds is 5. The first-order chi connectivity index (χ1) is 10.4. The highest BCUT2D eigenvalue weighted by atomic mass is 32.2. The van der Waals surface area contributed by atoms with Crippen LogP contribution in [0.15, 0.2) is 59.5 Å². The van der Waals surface area contributed by atoms with Crippen LogP contribution < -0.4 is 9.62 Å². The predicted octanol–water partition coefficient (Wildman–Crippen LogP) is 1.94. The fourth-order valence-corrected chi connectivity index (χ4v) is 3.38. The smallest absolute Gasteiger partial charge is 0.264 e. The molecule has 0 spiro atoms. The zero-order valence-corrected chi connectivity index (χ0v) is 13.3. The van der Waals surface area contributed by atoms with Gasteiger partial charge in [0.15, 0.2) is 0 Å². The summed E-state index contributed by atoms with van der Waals surface area (Å²) in [5.41, 5.74) is 1.42. The molecule has 2 rings (SSSR count). The van der Waals surface area contributed by atoms with Crippen molar-refractivity contribution >= 4 is 21.6 Å². The molecule has 0 saturated heterocycles. The first-order valence-electron chi connectivity index (χ1n) is 6.80. The number of hydrogen-bond acceptors (Lipinski definition) is 3. The molecular formula is C16H18N2O3S. The van der Waals surface area contributed by atoms with Gasteiger partial charge in [0.25, 0.3) is 10.0 Å². The van der Waals surface area contributed by atoms with Crippen molar-refractivity contribution in [2.75, 3.05) is 17.9 Å². The average Bonchev–Trinajstić information content (AvgIpc) is 2.53. The Hall–Kier alpha value is -2.34. The second kappa shape index (κ2) is 6.62. The summed E-state index contributed by atoms with van der Waals surface area (Å²) in [6, 6.07) is 15.1. The molecule has 0 unspecified atom stereocenters. The molecule has 1 amide bonds. The number of carbonyl (C=O) groups is 1. The number of anilines is 1. The molecule has 0 aliphatic heterocycles. The van der Waals surface area contributed by atoms with Crippen molar-refractivity contribution in [2.24, 2.45) is 0 Å². The molecule has 116 valence electrons. The predicted molar refractivity (Wildman–Crippen MR) is 86.2 cm³/mol. The van der Waals surface area contributed by atoms with Crippen molar-refractivity contribution in [3.63, 3.8) is 0 Å². The van der Waals surface area contributed by atoms with Crippen LogP contribution in [0.4, 0.5) is 5.69 Å². The number of hydrogen-bond donors (Lipinski definition) is 1. The summed E-state index contributed by atoms with van der Waals surface area (Å²) < 4.78 is 26.8. The van der Waals surface area contributed by atoms with Crippen molar-refractivity contribution in [1.29, 1.82) is 0 Å². The lowest BCUT2D eigenvalue weighted by Gasteiger charge is -2.23. The summed E-state index contributed by atoms with van der Waals surface area (Å²) in [7, 11) is -2.33. The van der Waals surface area contributed by atoms with Gasteiger partial charge in [0.2, 0.25) is 5.91 Å². The van der Waals surface area contributed by atoms with Gasteiger partial charge in [-0.3, -0.25) is 9.10 Å². The van der Waals surface area contributed by atoms with Crippen LogP contribution >= 0.6 is 0 Å². The van der Waals surface area contributed by atoms with Crippen LogP contribution in [0.3, 0.4) is 0 Å². The van der Waals surface area contributed by atoms with Crippen LogP contribution in [-0.2, 0) is 14.8 Å². The summed E-state index contributed by atoms with van der Waals surface area (Å²) in [4.78, 5) is 11.9. The third kappa shape index (κ3) is 3.46. The molecule has 0 radical (unpaired) electrons. The lowest BCUT2D eigenvalue weighted by molar-refractivity contribution is -0.119. The Morgan fingerprint density at radius 1 is 1.05 bits per heavy atom. The maximum Gasteiger partial charge on any atom is 0.264 e. The molecule has 6 heteroatoms. The van der Waals surface area contributed by atoms with Gasteiger partial charge in [-0.1, -0.05) is 35.9 Å². The summed E-state index contributed by atoms with van der Waals surface area (Å²) in [6.07, 6.45) is 0. The monoisotopic (exact) mass is 318 g/mol. The van der Waals surface area contributed by atoms with E-state index >= 15 is 0 Å². The number of amides is 1. The molecule has 0 heterocycles. The van der Waals surface area contributed by atoms with Gasteiger partial charge in [-0.2, -0.15) is 0 Å². The second-order valence-electron chi connectivity index (χ2n) is 4.83. The molecule has 0 aromatic heterocycles. The van der Waals surface area contributed by atoms with Crippen LogP contribution in [0.25, 0.3) is 0 Å². The number of nitrogens with one attached hydrogen (secondary N) is 1. The molecule has 0 fully saturated rings. The van der Waals surface area contributed by atoms with Gasteiger partial charge in [0.05, 0.1) is 10.6 Å². The van der Waals surface area contributed by atoms with Crippen LogP contribution in [-0.4, -0.2) is 27.9 Å². The molecule has 0 saturated carbocycles. The lowest BCUT2D eigenvalue weighted by atomic mass is 10.2. The lowest BCUT2D eigenvalue weighted by Crippen LogP contribution is -2.39.